The molecule has 6 heteroatoms. The summed E-state index contributed by atoms with van der Waals surface area (Å²) >= 11 is 6.08. The standard InChI is InChI=1S/C18H23BrN2O2S/c1-16(2,3)17-11-20(15(22)23)8-7-18(17,19)21-9-10-24-13-6-4-5-12(17)14(13)21/h4-6H,7-11H2,1-3H3,(H,22,23)/t17-,18+/m0/s1. The fraction of sp³-hybridized carbons (Fsp3) is 0.611. The molecule has 3 aliphatic heterocycles. The Morgan fingerprint density at radius 3 is 2.75 bits per heavy atom. The third kappa shape index (κ3) is 1.84. The van der Waals surface area contributed by atoms with Gasteiger partial charge in [0, 0.05) is 30.3 Å². The molecule has 0 bridgehead atoms. The maximum Gasteiger partial charge on any atom is 0.407 e. The van der Waals surface area contributed by atoms with E-state index in [1.165, 1.54) is 16.1 Å². The molecule has 1 amide bonds. The number of thioether (sulfide) groups is 1. The molecule has 3 aliphatic rings. The molecule has 4 nitrogen and oxygen atoms in total. The number of fused-ring (bicyclic) bond motifs is 3. The number of carboxylic acid groups (broad SMARTS) is 1. The van der Waals surface area contributed by atoms with Gasteiger partial charge >= 0.3 is 6.09 Å². The molecule has 3 heterocycles. The minimum Gasteiger partial charge on any atom is -0.465 e. The predicted molar refractivity (Wildman–Crippen MR) is 102 cm³/mol. The SMILES string of the molecule is CC(C)(C)[C@@]12CN(C(=O)O)CC[C@@]1(Br)N1CCSc3cccc2c31. The minimum absolute atomic E-state index is 0.0816. The second kappa shape index (κ2) is 5.07. The van der Waals surface area contributed by atoms with Gasteiger partial charge in [-0.1, -0.05) is 48.8 Å². The predicted octanol–water partition coefficient (Wildman–Crippen LogP) is 4.37. The lowest BCUT2D eigenvalue weighted by molar-refractivity contribution is 0.0404. The lowest BCUT2D eigenvalue weighted by atomic mass is 9.58. The molecule has 1 aromatic rings. The second-order valence-corrected chi connectivity index (χ2v) is 10.5. The summed E-state index contributed by atoms with van der Waals surface area (Å²) in [5.74, 6) is 1.08. The van der Waals surface area contributed by atoms with Gasteiger partial charge < -0.3 is 14.9 Å². The number of carbonyl (C=O) groups is 1. The number of piperidine rings is 1. The number of hydrogen-bond donors (Lipinski definition) is 1. The first-order valence-electron chi connectivity index (χ1n) is 8.43. The molecule has 0 radical (unpaired) electrons. The first-order chi connectivity index (χ1) is 11.2. The number of hydrogen-bond acceptors (Lipinski definition) is 3. The monoisotopic (exact) mass is 410 g/mol. The maximum absolute atomic E-state index is 11.8. The smallest absolute Gasteiger partial charge is 0.407 e. The van der Waals surface area contributed by atoms with Crippen LogP contribution in [0.3, 0.4) is 0 Å². The fourth-order valence-corrected chi connectivity index (χ4v) is 7.48. The van der Waals surface area contributed by atoms with Gasteiger partial charge in [0.15, 0.2) is 0 Å². The Hall–Kier alpha value is -0.880. The molecule has 0 saturated carbocycles. The largest absolute Gasteiger partial charge is 0.465 e. The van der Waals surface area contributed by atoms with Gasteiger partial charge in [0.1, 0.15) is 4.45 Å². The highest BCUT2D eigenvalue weighted by molar-refractivity contribution is 9.10. The van der Waals surface area contributed by atoms with Crippen molar-refractivity contribution in [2.75, 3.05) is 30.3 Å². The van der Waals surface area contributed by atoms with Crippen molar-refractivity contribution in [2.24, 2.45) is 5.41 Å². The molecule has 1 aromatic carbocycles. The van der Waals surface area contributed by atoms with Crippen molar-refractivity contribution >= 4 is 39.5 Å². The van der Waals surface area contributed by atoms with Crippen molar-refractivity contribution in [1.82, 2.24) is 4.90 Å². The van der Waals surface area contributed by atoms with Crippen LogP contribution in [0.5, 0.6) is 0 Å². The van der Waals surface area contributed by atoms with E-state index in [1.54, 1.807) is 4.90 Å². The van der Waals surface area contributed by atoms with Gasteiger partial charge in [-0.3, -0.25) is 0 Å². The van der Waals surface area contributed by atoms with Gasteiger partial charge in [0.25, 0.3) is 0 Å². The van der Waals surface area contributed by atoms with Gasteiger partial charge in [-0.05, 0) is 23.5 Å². The number of nitrogens with zero attached hydrogens (tertiary/aromatic N) is 2. The molecule has 2 atom stereocenters. The fourth-order valence-electron chi connectivity index (χ4n) is 4.99. The van der Waals surface area contributed by atoms with Gasteiger partial charge in [-0.2, -0.15) is 0 Å². The van der Waals surface area contributed by atoms with E-state index < -0.39 is 6.09 Å². The van der Waals surface area contributed by atoms with Crippen LogP contribution in [0.1, 0.15) is 32.8 Å². The van der Waals surface area contributed by atoms with Gasteiger partial charge in [-0.25, -0.2) is 4.79 Å². The molecular formula is C18H23BrN2O2S. The molecule has 0 unspecified atom stereocenters. The van der Waals surface area contributed by atoms with E-state index in [4.69, 9.17) is 0 Å². The molecule has 0 aliphatic carbocycles. The molecule has 1 fully saturated rings. The van der Waals surface area contributed by atoms with Crippen LogP contribution >= 0.6 is 27.7 Å². The molecule has 0 aromatic heterocycles. The van der Waals surface area contributed by atoms with Crippen LogP contribution in [0.25, 0.3) is 0 Å². The summed E-state index contributed by atoms with van der Waals surface area (Å²) in [7, 11) is 0. The Bertz CT molecular complexity index is 719. The number of para-hydroxylation sites is 1. The minimum atomic E-state index is -0.812. The van der Waals surface area contributed by atoms with Crippen LogP contribution in [0.15, 0.2) is 23.1 Å². The normalized spacial score (nSPS) is 31.7. The average Bonchev–Trinajstić information content (AvgIpc) is 2.76. The van der Waals surface area contributed by atoms with Crippen molar-refractivity contribution in [3.8, 4) is 0 Å². The van der Waals surface area contributed by atoms with Crippen LogP contribution in [0, 0.1) is 5.41 Å². The van der Waals surface area contributed by atoms with Crippen molar-refractivity contribution in [1.29, 1.82) is 0 Å². The van der Waals surface area contributed by atoms with Crippen molar-refractivity contribution in [3.05, 3.63) is 23.8 Å². The Labute approximate surface area is 155 Å². The summed E-state index contributed by atoms with van der Waals surface area (Å²) in [6.07, 6.45) is -0.0106. The maximum atomic E-state index is 11.8. The quantitative estimate of drug-likeness (QED) is 0.509. The third-order valence-corrected chi connectivity index (χ3v) is 8.60. The van der Waals surface area contributed by atoms with Crippen LogP contribution in [0.4, 0.5) is 10.5 Å². The molecule has 0 spiro atoms. The topological polar surface area (TPSA) is 43.8 Å². The Balaban J connectivity index is 2.01. The number of amides is 1. The zero-order valence-corrected chi connectivity index (χ0v) is 16.7. The number of halogens is 1. The van der Waals surface area contributed by atoms with Crippen LogP contribution in [0.2, 0.25) is 0 Å². The van der Waals surface area contributed by atoms with Crippen LogP contribution < -0.4 is 4.90 Å². The highest BCUT2D eigenvalue weighted by Gasteiger charge is 2.68. The first-order valence-corrected chi connectivity index (χ1v) is 10.2. The molecule has 24 heavy (non-hydrogen) atoms. The second-order valence-electron chi connectivity index (χ2n) is 8.02. The van der Waals surface area contributed by atoms with Gasteiger partial charge in [0.05, 0.1) is 11.1 Å². The highest BCUT2D eigenvalue weighted by Crippen LogP contribution is 2.67. The van der Waals surface area contributed by atoms with Gasteiger partial charge in [0.2, 0.25) is 0 Å². The zero-order chi connectivity index (χ0) is 17.3. The van der Waals surface area contributed by atoms with Crippen molar-refractivity contribution in [3.63, 3.8) is 0 Å². The molecule has 1 N–H and O–H groups in total. The number of likely N-dealkylation sites (tertiary alicyclic amines) is 1. The lowest BCUT2D eigenvalue weighted by Gasteiger charge is -2.58. The summed E-state index contributed by atoms with van der Waals surface area (Å²) in [6, 6.07) is 6.56. The molecule has 1 saturated heterocycles. The Morgan fingerprint density at radius 2 is 2.08 bits per heavy atom. The molecule has 4 rings (SSSR count). The van der Waals surface area contributed by atoms with Gasteiger partial charge in [-0.15, -0.1) is 11.8 Å². The Kier molecular flexibility index (Phi) is 3.50. The van der Waals surface area contributed by atoms with E-state index >= 15 is 0 Å². The molecular weight excluding hydrogens is 388 g/mol. The summed E-state index contributed by atoms with van der Waals surface area (Å²) in [5.41, 5.74) is 2.28. The highest BCUT2D eigenvalue weighted by atomic mass is 79.9. The number of alkyl halides is 1. The summed E-state index contributed by atoms with van der Waals surface area (Å²) < 4.78 is -0.219. The number of benzene rings is 1. The number of rotatable bonds is 0. The van der Waals surface area contributed by atoms with Crippen LogP contribution in [-0.2, 0) is 5.41 Å². The number of anilines is 1. The summed E-state index contributed by atoms with van der Waals surface area (Å²) in [5, 5.41) is 9.65. The van der Waals surface area contributed by atoms with E-state index in [0.717, 1.165) is 18.7 Å². The average molecular weight is 411 g/mol. The summed E-state index contributed by atoms with van der Waals surface area (Å²) in [4.78, 5) is 17.2. The van der Waals surface area contributed by atoms with Crippen molar-refractivity contribution < 1.29 is 9.90 Å². The van der Waals surface area contributed by atoms with Crippen LogP contribution in [-0.4, -0.2) is 45.9 Å². The zero-order valence-electron chi connectivity index (χ0n) is 14.3. The van der Waals surface area contributed by atoms with E-state index in [9.17, 15) is 9.90 Å². The Morgan fingerprint density at radius 1 is 1.33 bits per heavy atom. The summed E-state index contributed by atoms with van der Waals surface area (Å²) in [6.45, 7) is 8.86. The van der Waals surface area contributed by atoms with E-state index in [1.807, 2.05) is 11.8 Å². The van der Waals surface area contributed by atoms with E-state index in [0.29, 0.717) is 13.1 Å². The van der Waals surface area contributed by atoms with E-state index in [-0.39, 0.29) is 15.3 Å². The first kappa shape index (κ1) is 16.6. The lowest BCUT2D eigenvalue weighted by Crippen LogP contribution is -2.68. The van der Waals surface area contributed by atoms with E-state index in [2.05, 4.69) is 59.8 Å². The molecule has 130 valence electrons. The van der Waals surface area contributed by atoms with Crippen molar-refractivity contribution in [2.45, 2.75) is 42.0 Å². The third-order valence-electron chi connectivity index (χ3n) is 6.07.